The number of H-pyrrole nitrogens is 1. The summed E-state index contributed by atoms with van der Waals surface area (Å²) in [7, 11) is 0. The van der Waals surface area contributed by atoms with Gasteiger partial charge in [-0.05, 0) is 63.9 Å². The number of aromatic amines is 1. The van der Waals surface area contributed by atoms with E-state index in [0.29, 0.717) is 0 Å². The highest BCUT2D eigenvalue weighted by Crippen LogP contribution is 2.50. The predicted molar refractivity (Wildman–Crippen MR) is 160 cm³/mol. The van der Waals surface area contributed by atoms with Gasteiger partial charge in [-0.3, -0.25) is 0 Å². The molecule has 2 aromatic heterocycles. The summed E-state index contributed by atoms with van der Waals surface area (Å²) in [6, 6.07) is 46.4. The fraction of sp³-hybridized carbons (Fsp3) is 0. The third-order valence-electron chi connectivity index (χ3n) is 8.26. The molecule has 2 nitrogen and oxygen atoms in total. The molecule has 176 valence electrons. The Balaban J connectivity index is 1.29. The van der Waals surface area contributed by atoms with Crippen LogP contribution in [0.1, 0.15) is 0 Å². The van der Waals surface area contributed by atoms with Crippen molar-refractivity contribution in [2.75, 3.05) is 0 Å². The van der Waals surface area contributed by atoms with Gasteiger partial charge in [0.25, 0.3) is 0 Å². The van der Waals surface area contributed by atoms with Gasteiger partial charge in [0, 0.05) is 38.5 Å². The molecule has 0 fully saturated rings. The van der Waals surface area contributed by atoms with Crippen molar-refractivity contribution in [1.82, 2.24) is 9.55 Å². The van der Waals surface area contributed by atoms with E-state index >= 15 is 0 Å². The second-order valence-electron chi connectivity index (χ2n) is 10.3. The Labute approximate surface area is 219 Å². The Morgan fingerprint density at radius 2 is 1.24 bits per heavy atom. The smallest absolute Gasteiger partial charge is 0.0551 e. The summed E-state index contributed by atoms with van der Waals surface area (Å²) in [5, 5.41) is 6.50. The second kappa shape index (κ2) is 7.24. The van der Waals surface area contributed by atoms with Gasteiger partial charge in [0.2, 0.25) is 0 Å². The van der Waals surface area contributed by atoms with Crippen LogP contribution in [-0.2, 0) is 0 Å². The molecular weight excluding hydrogens is 460 g/mol. The summed E-state index contributed by atoms with van der Waals surface area (Å²) in [5.74, 6) is 0. The van der Waals surface area contributed by atoms with Crippen molar-refractivity contribution in [3.05, 3.63) is 127 Å². The van der Waals surface area contributed by atoms with E-state index in [9.17, 15) is 0 Å². The van der Waals surface area contributed by atoms with Gasteiger partial charge in [0.1, 0.15) is 0 Å². The number of fused-ring (bicyclic) bond motifs is 8. The molecule has 0 bridgehead atoms. The minimum absolute atomic E-state index is 1.18. The van der Waals surface area contributed by atoms with E-state index in [4.69, 9.17) is 0 Å². The molecule has 0 amide bonds. The van der Waals surface area contributed by atoms with Gasteiger partial charge in [-0.1, -0.05) is 91.0 Å². The molecule has 8 aromatic rings. The van der Waals surface area contributed by atoms with Gasteiger partial charge < -0.3 is 9.55 Å². The summed E-state index contributed by atoms with van der Waals surface area (Å²) in [6.45, 7) is 0. The molecule has 1 N–H and O–H groups in total. The third-order valence-corrected chi connectivity index (χ3v) is 8.26. The molecule has 0 radical (unpaired) electrons. The highest BCUT2D eigenvalue weighted by molar-refractivity contribution is 6.21. The zero-order chi connectivity index (χ0) is 24.8. The van der Waals surface area contributed by atoms with Gasteiger partial charge >= 0.3 is 0 Å². The average molecular weight is 483 g/mol. The molecule has 6 aromatic carbocycles. The maximum Gasteiger partial charge on any atom is 0.0551 e. The van der Waals surface area contributed by atoms with Crippen LogP contribution in [0.4, 0.5) is 0 Å². The average Bonchev–Trinajstić information content (AvgIpc) is 3.62. The van der Waals surface area contributed by atoms with Gasteiger partial charge in [0.05, 0.1) is 16.7 Å². The lowest BCUT2D eigenvalue weighted by molar-refractivity contribution is 1.18. The van der Waals surface area contributed by atoms with Gasteiger partial charge in [0.15, 0.2) is 0 Å². The molecule has 38 heavy (non-hydrogen) atoms. The molecule has 0 aliphatic heterocycles. The summed E-state index contributed by atoms with van der Waals surface area (Å²) >= 11 is 0. The van der Waals surface area contributed by atoms with Crippen molar-refractivity contribution in [2.24, 2.45) is 0 Å². The van der Waals surface area contributed by atoms with Crippen molar-refractivity contribution in [1.29, 1.82) is 0 Å². The Hall–Kier alpha value is -5.08. The molecule has 2 heteroatoms. The molecule has 1 aliphatic rings. The first-order chi connectivity index (χ1) is 18.8. The molecular formula is C36H22N2. The fourth-order valence-electron chi connectivity index (χ4n) is 6.62. The lowest BCUT2D eigenvalue weighted by Gasteiger charge is -2.09. The van der Waals surface area contributed by atoms with E-state index in [0.717, 1.165) is 0 Å². The van der Waals surface area contributed by atoms with E-state index in [1.54, 1.807) is 0 Å². The van der Waals surface area contributed by atoms with Crippen LogP contribution in [0.25, 0.3) is 82.7 Å². The lowest BCUT2D eigenvalue weighted by Crippen LogP contribution is -1.93. The zero-order valence-corrected chi connectivity index (χ0v) is 20.6. The molecule has 2 heterocycles. The predicted octanol–water partition coefficient (Wildman–Crippen LogP) is 9.73. The first kappa shape index (κ1) is 20.0. The van der Waals surface area contributed by atoms with Crippen LogP contribution in [0.5, 0.6) is 0 Å². The first-order valence-corrected chi connectivity index (χ1v) is 13.1. The Bertz CT molecular complexity index is 2220. The zero-order valence-electron chi connectivity index (χ0n) is 20.6. The third kappa shape index (κ3) is 2.56. The van der Waals surface area contributed by atoms with Gasteiger partial charge in [-0.2, -0.15) is 0 Å². The summed E-state index contributed by atoms with van der Waals surface area (Å²) in [4.78, 5) is 3.74. The van der Waals surface area contributed by atoms with Crippen LogP contribution in [0.3, 0.4) is 0 Å². The molecule has 0 atom stereocenters. The summed E-state index contributed by atoms with van der Waals surface area (Å²) in [6.07, 6.45) is 0. The molecule has 9 rings (SSSR count). The molecule has 1 aliphatic carbocycles. The maximum atomic E-state index is 3.74. The normalized spacial score (nSPS) is 12.2. The molecule has 0 saturated heterocycles. The van der Waals surface area contributed by atoms with E-state index in [2.05, 4.69) is 137 Å². The monoisotopic (exact) mass is 482 g/mol. The van der Waals surface area contributed by atoms with Gasteiger partial charge in [-0.15, -0.1) is 0 Å². The Morgan fingerprint density at radius 3 is 2.13 bits per heavy atom. The number of rotatable bonds is 2. The lowest BCUT2D eigenvalue weighted by atomic mass is 9.98. The van der Waals surface area contributed by atoms with E-state index in [1.807, 2.05) is 0 Å². The second-order valence-corrected chi connectivity index (χ2v) is 10.3. The summed E-state index contributed by atoms with van der Waals surface area (Å²) in [5.41, 5.74) is 12.5. The number of hydrogen-bond acceptors (Lipinski definition) is 0. The van der Waals surface area contributed by atoms with Crippen molar-refractivity contribution in [2.45, 2.75) is 0 Å². The molecule has 0 unspecified atom stereocenters. The molecule has 0 spiro atoms. The SMILES string of the molecule is c1ccc(-n2c3ccccc3c3ccc(-c4ccc5[nH]c6c(c5c4)-c4cccc5cccc-6c45)cc32)cc1. The van der Waals surface area contributed by atoms with Crippen molar-refractivity contribution >= 4 is 43.5 Å². The van der Waals surface area contributed by atoms with Crippen LogP contribution < -0.4 is 0 Å². The largest absolute Gasteiger partial charge is 0.354 e. The first-order valence-electron chi connectivity index (χ1n) is 13.1. The number of aromatic nitrogens is 2. The Morgan fingerprint density at radius 1 is 0.500 bits per heavy atom. The number of benzene rings is 6. The van der Waals surface area contributed by atoms with Crippen LogP contribution in [-0.4, -0.2) is 9.55 Å². The van der Waals surface area contributed by atoms with E-state index in [1.165, 1.54) is 82.7 Å². The van der Waals surface area contributed by atoms with Crippen molar-refractivity contribution in [3.8, 4) is 39.2 Å². The van der Waals surface area contributed by atoms with Crippen LogP contribution in [0.2, 0.25) is 0 Å². The standard InChI is InChI=1S/C36H22N2/c1-2-10-25(11-3-1)38-32-15-5-4-12-26(32)27-18-16-24(21-33(27)38)23-17-19-31-30(20-23)35-28-13-6-8-22-9-7-14-29(34(22)28)36(35)37-31/h1-21,37H. The number of para-hydroxylation sites is 2. The number of nitrogens with one attached hydrogen (secondary N) is 1. The van der Waals surface area contributed by atoms with E-state index < -0.39 is 0 Å². The van der Waals surface area contributed by atoms with Crippen LogP contribution in [0, 0.1) is 0 Å². The molecule has 0 saturated carbocycles. The quantitative estimate of drug-likeness (QED) is 0.253. The fourth-order valence-corrected chi connectivity index (χ4v) is 6.62. The highest BCUT2D eigenvalue weighted by atomic mass is 15.0. The number of hydrogen-bond donors (Lipinski definition) is 1. The minimum Gasteiger partial charge on any atom is -0.354 e. The summed E-state index contributed by atoms with van der Waals surface area (Å²) < 4.78 is 2.39. The Kier molecular flexibility index (Phi) is 3.82. The van der Waals surface area contributed by atoms with Crippen LogP contribution >= 0.6 is 0 Å². The highest BCUT2D eigenvalue weighted by Gasteiger charge is 2.25. The minimum atomic E-state index is 1.18. The topological polar surface area (TPSA) is 20.7 Å². The number of nitrogens with zero attached hydrogens (tertiary/aromatic N) is 1. The van der Waals surface area contributed by atoms with Crippen molar-refractivity contribution < 1.29 is 0 Å². The maximum absolute atomic E-state index is 3.74. The van der Waals surface area contributed by atoms with Gasteiger partial charge in [-0.25, -0.2) is 0 Å². The van der Waals surface area contributed by atoms with E-state index in [-0.39, 0.29) is 0 Å². The van der Waals surface area contributed by atoms with Crippen LogP contribution in [0.15, 0.2) is 127 Å². The van der Waals surface area contributed by atoms with Crippen molar-refractivity contribution in [3.63, 3.8) is 0 Å².